The van der Waals surface area contributed by atoms with E-state index in [4.69, 9.17) is 5.26 Å². The molecule has 0 saturated carbocycles. The lowest BCUT2D eigenvalue weighted by atomic mass is 10.0. The number of halogens is 1. The number of nitriles is 1. The van der Waals surface area contributed by atoms with E-state index in [0.717, 1.165) is 9.13 Å². The largest absolute Gasteiger partial charge is 0.192 e. The third-order valence-electron chi connectivity index (χ3n) is 1.72. The van der Waals surface area contributed by atoms with E-state index in [2.05, 4.69) is 48.6 Å². The predicted molar refractivity (Wildman–Crippen MR) is 58.0 cm³/mol. The minimum atomic E-state index is 0.492. The Morgan fingerprint density at radius 2 is 2.00 bits per heavy atom. The molecule has 0 saturated heterocycles. The topological polar surface area (TPSA) is 23.8 Å². The summed E-state index contributed by atoms with van der Waals surface area (Å²) in [7, 11) is 0. The van der Waals surface area contributed by atoms with Gasteiger partial charge < -0.3 is 0 Å². The van der Waals surface area contributed by atoms with Crippen molar-refractivity contribution in [2.75, 3.05) is 0 Å². The van der Waals surface area contributed by atoms with E-state index in [1.807, 2.05) is 12.1 Å². The molecule has 2 heteroatoms. The summed E-state index contributed by atoms with van der Waals surface area (Å²) in [6.45, 7) is 4.26. The molecule has 12 heavy (non-hydrogen) atoms. The number of hydrogen-bond donors (Lipinski definition) is 0. The Bertz CT molecular complexity index is 323. The zero-order chi connectivity index (χ0) is 9.14. The highest BCUT2D eigenvalue weighted by Crippen LogP contribution is 2.19. The fourth-order valence-electron chi connectivity index (χ4n) is 1.01. The van der Waals surface area contributed by atoms with Gasteiger partial charge in [-0.05, 0) is 52.3 Å². The lowest BCUT2D eigenvalue weighted by molar-refractivity contribution is 0.865. The van der Waals surface area contributed by atoms with E-state index in [1.165, 1.54) is 5.56 Å². The number of rotatable bonds is 1. The molecule has 62 valence electrons. The van der Waals surface area contributed by atoms with Crippen LogP contribution in [0.4, 0.5) is 0 Å². The van der Waals surface area contributed by atoms with Crippen LogP contribution >= 0.6 is 22.6 Å². The van der Waals surface area contributed by atoms with Crippen LogP contribution in [0.2, 0.25) is 0 Å². The monoisotopic (exact) mass is 271 g/mol. The molecule has 0 unspecified atom stereocenters. The van der Waals surface area contributed by atoms with Gasteiger partial charge in [-0.2, -0.15) is 5.26 Å². The van der Waals surface area contributed by atoms with E-state index < -0.39 is 0 Å². The summed E-state index contributed by atoms with van der Waals surface area (Å²) in [6, 6.07) is 8.12. The molecule has 0 bridgehead atoms. The van der Waals surface area contributed by atoms with Crippen LogP contribution in [-0.2, 0) is 0 Å². The Morgan fingerprint density at radius 1 is 1.33 bits per heavy atom. The molecule has 0 atom stereocenters. The van der Waals surface area contributed by atoms with Crippen molar-refractivity contribution in [3.63, 3.8) is 0 Å². The molecule has 0 aliphatic heterocycles. The number of hydrogen-bond acceptors (Lipinski definition) is 1. The van der Waals surface area contributed by atoms with Gasteiger partial charge in [-0.15, -0.1) is 0 Å². The van der Waals surface area contributed by atoms with Crippen LogP contribution in [0.15, 0.2) is 18.2 Å². The van der Waals surface area contributed by atoms with Crippen molar-refractivity contribution in [2.24, 2.45) is 0 Å². The van der Waals surface area contributed by atoms with Gasteiger partial charge in [-0.25, -0.2) is 0 Å². The zero-order valence-electron chi connectivity index (χ0n) is 7.13. The van der Waals surface area contributed by atoms with Gasteiger partial charge in [0.25, 0.3) is 0 Å². The van der Waals surface area contributed by atoms with Gasteiger partial charge in [-0.3, -0.25) is 0 Å². The second-order valence-electron chi connectivity index (χ2n) is 3.04. The average Bonchev–Trinajstić information content (AvgIpc) is 2.03. The molecule has 0 N–H and O–H groups in total. The standard InChI is InChI=1S/C10H10IN/c1-7(2)9-3-8(6-12)4-10(11)5-9/h3-5,7H,1-2H3. The Labute approximate surface area is 86.5 Å². The van der Waals surface area contributed by atoms with Crippen LogP contribution in [0.25, 0.3) is 0 Å². The van der Waals surface area contributed by atoms with Crippen LogP contribution < -0.4 is 0 Å². The van der Waals surface area contributed by atoms with Crippen LogP contribution in [0.3, 0.4) is 0 Å². The van der Waals surface area contributed by atoms with Crippen molar-refractivity contribution < 1.29 is 0 Å². The minimum absolute atomic E-state index is 0.492. The smallest absolute Gasteiger partial charge is 0.0992 e. The number of nitrogens with zero attached hydrogens (tertiary/aromatic N) is 1. The van der Waals surface area contributed by atoms with Crippen LogP contribution in [-0.4, -0.2) is 0 Å². The molecule has 0 aliphatic rings. The van der Waals surface area contributed by atoms with Crippen molar-refractivity contribution in [1.82, 2.24) is 0 Å². The molecule has 0 heterocycles. The highest BCUT2D eigenvalue weighted by atomic mass is 127. The van der Waals surface area contributed by atoms with E-state index in [1.54, 1.807) is 0 Å². The second-order valence-corrected chi connectivity index (χ2v) is 4.29. The molecule has 1 aromatic rings. The van der Waals surface area contributed by atoms with E-state index >= 15 is 0 Å². The van der Waals surface area contributed by atoms with Crippen molar-refractivity contribution in [1.29, 1.82) is 5.26 Å². The van der Waals surface area contributed by atoms with E-state index in [-0.39, 0.29) is 0 Å². The second kappa shape index (κ2) is 3.90. The summed E-state index contributed by atoms with van der Waals surface area (Å²) in [5.41, 5.74) is 1.99. The van der Waals surface area contributed by atoms with Gasteiger partial charge in [0.1, 0.15) is 0 Å². The molecule has 0 aromatic heterocycles. The van der Waals surface area contributed by atoms with E-state index in [0.29, 0.717) is 5.92 Å². The zero-order valence-corrected chi connectivity index (χ0v) is 9.29. The Kier molecular flexibility index (Phi) is 3.10. The third-order valence-corrected chi connectivity index (χ3v) is 2.34. The van der Waals surface area contributed by atoms with Crippen molar-refractivity contribution in [3.8, 4) is 6.07 Å². The maximum atomic E-state index is 8.71. The Balaban J connectivity index is 3.17. The fourth-order valence-corrected chi connectivity index (χ4v) is 1.71. The SMILES string of the molecule is CC(C)c1cc(I)cc(C#N)c1. The van der Waals surface area contributed by atoms with Crippen LogP contribution in [0.5, 0.6) is 0 Å². The minimum Gasteiger partial charge on any atom is -0.192 e. The van der Waals surface area contributed by atoms with Crippen molar-refractivity contribution >= 4 is 22.6 Å². The normalized spacial score (nSPS) is 9.92. The van der Waals surface area contributed by atoms with Gasteiger partial charge in [0, 0.05) is 3.57 Å². The first-order valence-corrected chi connectivity index (χ1v) is 4.92. The summed E-state index contributed by atoms with van der Waals surface area (Å²) >= 11 is 2.24. The van der Waals surface area contributed by atoms with Gasteiger partial charge in [0.15, 0.2) is 0 Å². The molecule has 0 amide bonds. The fraction of sp³-hybridized carbons (Fsp3) is 0.300. The molecule has 1 rings (SSSR count). The van der Waals surface area contributed by atoms with Crippen molar-refractivity contribution in [3.05, 3.63) is 32.9 Å². The van der Waals surface area contributed by atoms with Crippen LogP contribution in [0.1, 0.15) is 30.9 Å². The van der Waals surface area contributed by atoms with Gasteiger partial charge in [-0.1, -0.05) is 13.8 Å². The first kappa shape index (κ1) is 9.53. The Hall–Kier alpha value is -0.560. The lowest BCUT2D eigenvalue weighted by Crippen LogP contribution is -1.89. The highest BCUT2D eigenvalue weighted by molar-refractivity contribution is 14.1. The maximum absolute atomic E-state index is 8.71. The van der Waals surface area contributed by atoms with E-state index in [9.17, 15) is 0 Å². The average molecular weight is 271 g/mol. The molecular formula is C10H10IN. The summed E-state index contributed by atoms with van der Waals surface area (Å²) in [4.78, 5) is 0. The summed E-state index contributed by atoms with van der Waals surface area (Å²) in [6.07, 6.45) is 0. The first-order chi connectivity index (χ1) is 5.63. The van der Waals surface area contributed by atoms with Crippen LogP contribution in [0, 0.1) is 14.9 Å². The van der Waals surface area contributed by atoms with Crippen molar-refractivity contribution in [2.45, 2.75) is 19.8 Å². The molecule has 0 aliphatic carbocycles. The molecular weight excluding hydrogens is 261 g/mol. The number of benzene rings is 1. The predicted octanol–water partition coefficient (Wildman–Crippen LogP) is 3.29. The maximum Gasteiger partial charge on any atom is 0.0992 e. The third kappa shape index (κ3) is 2.21. The molecule has 1 aromatic carbocycles. The summed E-state index contributed by atoms with van der Waals surface area (Å²) in [5.74, 6) is 0.492. The Morgan fingerprint density at radius 3 is 2.50 bits per heavy atom. The first-order valence-electron chi connectivity index (χ1n) is 3.84. The summed E-state index contributed by atoms with van der Waals surface area (Å²) < 4.78 is 1.13. The molecule has 0 fully saturated rings. The molecule has 1 nitrogen and oxygen atoms in total. The summed E-state index contributed by atoms with van der Waals surface area (Å²) in [5, 5.41) is 8.71. The highest BCUT2D eigenvalue weighted by Gasteiger charge is 2.01. The quantitative estimate of drug-likeness (QED) is 0.719. The lowest BCUT2D eigenvalue weighted by Gasteiger charge is -2.05. The van der Waals surface area contributed by atoms with Gasteiger partial charge in [0.05, 0.1) is 11.6 Å². The van der Waals surface area contributed by atoms with Gasteiger partial charge >= 0.3 is 0 Å². The molecule has 0 spiro atoms. The van der Waals surface area contributed by atoms with Gasteiger partial charge in [0.2, 0.25) is 0 Å². The molecule has 0 radical (unpaired) electrons.